The van der Waals surface area contributed by atoms with Crippen LogP contribution in [-0.2, 0) is 6.42 Å². The lowest BCUT2D eigenvalue weighted by Gasteiger charge is -2.10. The highest BCUT2D eigenvalue weighted by atomic mass is 14.1. The van der Waals surface area contributed by atoms with Crippen molar-refractivity contribution in [3.05, 3.63) is 42.3 Å². The molecular formula is C17H27. The molecule has 0 bridgehead atoms. The Balaban J connectivity index is 2.02. The molecule has 0 spiro atoms. The van der Waals surface area contributed by atoms with Gasteiger partial charge in [0.1, 0.15) is 0 Å². The molecule has 1 radical (unpaired) electrons. The van der Waals surface area contributed by atoms with Crippen LogP contribution >= 0.6 is 0 Å². The fourth-order valence-electron chi connectivity index (χ4n) is 2.19. The van der Waals surface area contributed by atoms with Crippen LogP contribution in [0.2, 0.25) is 0 Å². The molecule has 17 heavy (non-hydrogen) atoms. The lowest BCUT2D eigenvalue weighted by Crippen LogP contribution is -1.97. The van der Waals surface area contributed by atoms with Crippen LogP contribution in [0, 0.1) is 12.3 Å². The number of hydrogen-bond donors (Lipinski definition) is 0. The summed E-state index contributed by atoms with van der Waals surface area (Å²) in [6.07, 6.45) is 11.8. The van der Waals surface area contributed by atoms with Gasteiger partial charge in [-0.15, -0.1) is 0 Å². The second-order valence-corrected chi connectivity index (χ2v) is 5.09. The van der Waals surface area contributed by atoms with Gasteiger partial charge in [-0.05, 0) is 30.7 Å². The largest absolute Gasteiger partial charge is 0.0654 e. The van der Waals surface area contributed by atoms with Gasteiger partial charge in [-0.25, -0.2) is 0 Å². The summed E-state index contributed by atoms with van der Waals surface area (Å²) in [5, 5.41) is 0. The van der Waals surface area contributed by atoms with Crippen molar-refractivity contribution in [1.82, 2.24) is 0 Å². The van der Waals surface area contributed by atoms with Crippen LogP contribution in [0.3, 0.4) is 0 Å². The molecule has 1 rings (SSSR count). The third-order valence-corrected chi connectivity index (χ3v) is 3.36. The normalized spacial score (nSPS) is 12.6. The van der Waals surface area contributed by atoms with Crippen molar-refractivity contribution in [2.24, 2.45) is 5.92 Å². The van der Waals surface area contributed by atoms with Crippen molar-refractivity contribution in [2.75, 3.05) is 0 Å². The molecule has 95 valence electrons. The van der Waals surface area contributed by atoms with Gasteiger partial charge in [0, 0.05) is 0 Å². The Morgan fingerprint density at radius 3 is 2.53 bits per heavy atom. The lowest BCUT2D eigenvalue weighted by molar-refractivity contribution is 0.524. The van der Waals surface area contributed by atoms with E-state index in [-0.39, 0.29) is 0 Å². The summed E-state index contributed by atoms with van der Waals surface area (Å²) in [5.74, 6) is 0.788. The summed E-state index contributed by atoms with van der Waals surface area (Å²) in [5.41, 5.74) is 1.46. The van der Waals surface area contributed by atoms with Crippen LogP contribution in [0.1, 0.15) is 57.9 Å². The Hall–Kier alpha value is -0.780. The Morgan fingerprint density at radius 2 is 1.82 bits per heavy atom. The zero-order valence-corrected chi connectivity index (χ0v) is 11.5. The molecule has 0 nitrogen and oxygen atoms in total. The van der Waals surface area contributed by atoms with E-state index in [0.717, 1.165) is 5.92 Å². The standard InChI is InChI=1S/C17H27/c1-3-4-5-7-11-16(2)12-10-15-17-13-8-6-9-14-17/h6,8-9,12-14,16H,3-5,7,10-11,15H2,1-2H3. The van der Waals surface area contributed by atoms with E-state index in [2.05, 4.69) is 50.6 Å². The SMILES string of the molecule is CCCCCCC(C)[CH]CCc1ccccc1. The Morgan fingerprint density at radius 1 is 1.06 bits per heavy atom. The Kier molecular flexibility index (Phi) is 7.79. The van der Waals surface area contributed by atoms with E-state index in [4.69, 9.17) is 0 Å². The molecular weight excluding hydrogens is 204 g/mol. The highest BCUT2D eigenvalue weighted by Gasteiger charge is 2.02. The predicted octanol–water partition coefficient (Wildman–Crippen LogP) is 5.43. The van der Waals surface area contributed by atoms with Crippen LogP contribution in [0.25, 0.3) is 0 Å². The molecule has 0 aliphatic carbocycles. The maximum Gasteiger partial charge on any atom is -0.0276 e. The van der Waals surface area contributed by atoms with Crippen molar-refractivity contribution in [2.45, 2.75) is 58.8 Å². The Labute approximate surface area is 107 Å². The minimum atomic E-state index is 0.788. The van der Waals surface area contributed by atoms with Crippen molar-refractivity contribution < 1.29 is 0 Å². The average molecular weight is 231 g/mol. The summed E-state index contributed by atoms with van der Waals surface area (Å²) < 4.78 is 0. The molecule has 1 unspecified atom stereocenters. The minimum absolute atomic E-state index is 0.788. The monoisotopic (exact) mass is 231 g/mol. The van der Waals surface area contributed by atoms with Crippen LogP contribution in [0.5, 0.6) is 0 Å². The van der Waals surface area contributed by atoms with Crippen LogP contribution in [0.4, 0.5) is 0 Å². The highest BCUT2D eigenvalue weighted by Crippen LogP contribution is 2.16. The molecule has 0 saturated heterocycles. The molecule has 0 aliphatic heterocycles. The molecule has 1 atom stereocenters. The minimum Gasteiger partial charge on any atom is -0.0654 e. The summed E-state index contributed by atoms with van der Waals surface area (Å²) in [7, 11) is 0. The second kappa shape index (κ2) is 9.27. The smallest absolute Gasteiger partial charge is 0.0276 e. The summed E-state index contributed by atoms with van der Waals surface area (Å²) >= 11 is 0. The molecule has 0 heteroatoms. The summed E-state index contributed by atoms with van der Waals surface area (Å²) in [4.78, 5) is 0. The predicted molar refractivity (Wildman–Crippen MR) is 77.0 cm³/mol. The van der Waals surface area contributed by atoms with Gasteiger partial charge >= 0.3 is 0 Å². The van der Waals surface area contributed by atoms with Gasteiger partial charge in [-0.3, -0.25) is 0 Å². The zero-order valence-electron chi connectivity index (χ0n) is 11.5. The summed E-state index contributed by atoms with van der Waals surface area (Å²) in [6.45, 7) is 4.63. The molecule has 1 aromatic carbocycles. The van der Waals surface area contributed by atoms with Crippen LogP contribution < -0.4 is 0 Å². The first-order chi connectivity index (χ1) is 8.33. The van der Waals surface area contributed by atoms with Gasteiger partial charge in [0.25, 0.3) is 0 Å². The molecule has 0 aromatic heterocycles. The van der Waals surface area contributed by atoms with E-state index in [1.807, 2.05) is 0 Å². The fourth-order valence-corrected chi connectivity index (χ4v) is 2.19. The second-order valence-electron chi connectivity index (χ2n) is 5.09. The number of aryl methyl sites for hydroxylation is 1. The Bertz CT molecular complexity index is 263. The van der Waals surface area contributed by atoms with Crippen molar-refractivity contribution in [3.63, 3.8) is 0 Å². The maximum absolute atomic E-state index is 2.50. The van der Waals surface area contributed by atoms with E-state index in [1.165, 1.54) is 50.5 Å². The molecule has 1 aromatic rings. The van der Waals surface area contributed by atoms with Crippen molar-refractivity contribution in [1.29, 1.82) is 0 Å². The third-order valence-electron chi connectivity index (χ3n) is 3.36. The van der Waals surface area contributed by atoms with Gasteiger partial charge < -0.3 is 0 Å². The van der Waals surface area contributed by atoms with Crippen LogP contribution in [0.15, 0.2) is 30.3 Å². The average Bonchev–Trinajstić information content (AvgIpc) is 2.36. The first-order valence-corrected chi connectivity index (χ1v) is 7.20. The quantitative estimate of drug-likeness (QED) is 0.497. The van der Waals surface area contributed by atoms with Crippen molar-refractivity contribution in [3.8, 4) is 0 Å². The van der Waals surface area contributed by atoms with E-state index < -0.39 is 0 Å². The molecule has 0 N–H and O–H groups in total. The van der Waals surface area contributed by atoms with E-state index in [0.29, 0.717) is 0 Å². The first-order valence-electron chi connectivity index (χ1n) is 7.20. The van der Waals surface area contributed by atoms with Gasteiger partial charge in [-0.1, -0.05) is 76.3 Å². The maximum atomic E-state index is 2.50. The van der Waals surface area contributed by atoms with E-state index in [9.17, 15) is 0 Å². The zero-order chi connectivity index (χ0) is 12.3. The number of unbranched alkanes of at least 4 members (excludes halogenated alkanes) is 3. The fraction of sp³-hybridized carbons (Fsp3) is 0.588. The number of rotatable bonds is 9. The van der Waals surface area contributed by atoms with Gasteiger partial charge in [-0.2, -0.15) is 0 Å². The first kappa shape index (κ1) is 14.3. The third kappa shape index (κ3) is 7.20. The summed E-state index contributed by atoms with van der Waals surface area (Å²) in [6, 6.07) is 10.8. The molecule has 0 saturated carbocycles. The number of hydrogen-bond acceptors (Lipinski definition) is 0. The number of benzene rings is 1. The topological polar surface area (TPSA) is 0 Å². The van der Waals surface area contributed by atoms with Crippen LogP contribution in [-0.4, -0.2) is 0 Å². The lowest BCUT2D eigenvalue weighted by atomic mass is 9.96. The van der Waals surface area contributed by atoms with Gasteiger partial charge in [0.15, 0.2) is 0 Å². The van der Waals surface area contributed by atoms with Gasteiger partial charge in [0.2, 0.25) is 0 Å². The van der Waals surface area contributed by atoms with E-state index in [1.54, 1.807) is 0 Å². The molecule has 0 aliphatic rings. The van der Waals surface area contributed by atoms with Crippen molar-refractivity contribution >= 4 is 0 Å². The van der Waals surface area contributed by atoms with Gasteiger partial charge in [0.05, 0.1) is 0 Å². The molecule has 0 amide bonds. The molecule has 0 heterocycles. The molecule has 0 fully saturated rings. The highest BCUT2D eigenvalue weighted by molar-refractivity contribution is 5.14. The van der Waals surface area contributed by atoms with E-state index >= 15 is 0 Å².